The van der Waals surface area contributed by atoms with E-state index in [1.54, 1.807) is 0 Å². The monoisotopic (exact) mass is 273 g/mol. The molecule has 0 heterocycles. The van der Waals surface area contributed by atoms with Gasteiger partial charge in [0.05, 0.1) is 0 Å². The highest BCUT2D eigenvalue weighted by Gasteiger charge is 2.35. The van der Waals surface area contributed by atoms with Gasteiger partial charge in [0.1, 0.15) is 0 Å². The molecule has 0 spiro atoms. The fraction of sp³-hybridized carbons (Fsp3) is 0.611. The molecule has 20 heavy (non-hydrogen) atoms. The van der Waals surface area contributed by atoms with Crippen molar-refractivity contribution in [3.63, 3.8) is 0 Å². The molecule has 1 aromatic rings. The Bertz CT molecular complexity index is 473. The van der Waals surface area contributed by atoms with Crippen LogP contribution in [0.4, 0.5) is 0 Å². The Morgan fingerprint density at radius 2 is 1.80 bits per heavy atom. The van der Waals surface area contributed by atoms with Crippen LogP contribution in [-0.4, -0.2) is 11.9 Å². The third kappa shape index (κ3) is 3.41. The number of hydrogen-bond acceptors (Lipinski definition) is 1. The van der Waals surface area contributed by atoms with E-state index in [9.17, 15) is 4.79 Å². The van der Waals surface area contributed by atoms with Gasteiger partial charge in [-0.3, -0.25) is 4.79 Å². The summed E-state index contributed by atoms with van der Waals surface area (Å²) in [5.41, 5.74) is 2.11. The molecule has 2 atom stereocenters. The van der Waals surface area contributed by atoms with Crippen LogP contribution in [0.3, 0.4) is 0 Å². The van der Waals surface area contributed by atoms with Gasteiger partial charge in [0.15, 0.2) is 0 Å². The molecule has 2 unspecified atom stereocenters. The topological polar surface area (TPSA) is 29.1 Å². The summed E-state index contributed by atoms with van der Waals surface area (Å²) in [5.74, 6) is 0.661. The number of carbonyl (C=O) groups excluding carboxylic acids is 1. The van der Waals surface area contributed by atoms with Crippen LogP contribution in [0, 0.1) is 18.3 Å². The molecule has 1 N–H and O–H groups in total. The van der Waals surface area contributed by atoms with Crippen molar-refractivity contribution in [3.05, 3.63) is 35.4 Å². The number of benzene rings is 1. The Hall–Kier alpha value is -1.31. The third-order valence-corrected chi connectivity index (χ3v) is 4.58. The first-order valence-electron chi connectivity index (χ1n) is 7.76. The maximum absolute atomic E-state index is 12.5. The van der Waals surface area contributed by atoms with Gasteiger partial charge in [0.25, 0.3) is 5.91 Å². The van der Waals surface area contributed by atoms with Crippen LogP contribution in [0.1, 0.15) is 62.4 Å². The van der Waals surface area contributed by atoms with Crippen molar-refractivity contribution >= 4 is 5.91 Å². The first-order chi connectivity index (χ1) is 9.39. The summed E-state index contributed by atoms with van der Waals surface area (Å²) >= 11 is 0. The molecular formula is C18H27NO. The van der Waals surface area contributed by atoms with Crippen molar-refractivity contribution in [2.75, 3.05) is 0 Å². The van der Waals surface area contributed by atoms with Crippen molar-refractivity contribution in [2.24, 2.45) is 11.3 Å². The van der Waals surface area contributed by atoms with Crippen molar-refractivity contribution < 1.29 is 4.79 Å². The van der Waals surface area contributed by atoms with E-state index in [0.29, 0.717) is 12.0 Å². The molecule has 2 nitrogen and oxygen atoms in total. The molecule has 1 amide bonds. The van der Waals surface area contributed by atoms with Crippen molar-refractivity contribution in [1.29, 1.82) is 0 Å². The molecule has 0 bridgehead atoms. The lowest BCUT2D eigenvalue weighted by molar-refractivity contribution is 0.0829. The van der Waals surface area contributed by atoms with Crippen LogP contribution >= 0.6 is 0 Å². The summed E-state index contributed by atoms with van der Waals surface area (Å²) in [6.07, 6.45) is 4.85. The van der Waals surface area contributed by atoms with E-state index in [1.807, 2.05) is 31.2 Å². The normalized spacial score (nSPS) is 23.4. The predicted molar refractivity (Wildman–Crippen MR) is 83.8 cm³/mol. The smallest absolute Gasteiger partial charge is 0.251 e. The molecule has 0 aromatic heterocycles. The quantitative estimate of drug-likeness (QED) is 0.853. The molecule has 1 aliphatic carbocycles. The number of amides is 1. The Balaban J connectivity index is 2.11. The predicted octanol–water partition coefficient (Wildman–Crippen LogP) is 4.33. The molecule has 110 valence electrons. The Morgan fingerprint density at radius 3 is 2.45 bits per heavy atom. The minimum absolute atomic E-state index is 0.0873. The summed E-state index contributed by atoms with van der Waals surface area (Å²) in [4.78, 5) is 12.5. The summed E-state index contributed by atoms with van der Waals surface area (Å²) in [6, 6.07) is 8.14. The zero-order valence-corrected chi connectivity index (χ0v) is 13.2. The molecule has 2 heteroatoms. The lowest BCUT2D eigenvalue weighted by atomic mass is 9.69. The number of nitrogens with one attached hydrogen (secondary N) is 1. The average Bonchev–Trinajstić information content (AvgIpc) is 2.38. The lowest BCUT2D eigenvalue weighted by Gasteiger charge is -2.40. The molecule has 0 radical (unpaired) electrons. The molecule has 1 aliphatic rings. The molecule has 2 rings (SSSR count). The highest BCUT2D eigenvalue weighted by atomic mass is 16.1. The maximum Gasteiger partial charge on any atom is 0.251 e. The second-order valence-corrected chi connectivity index (χ2v) is 7.15. The van der Waals surface area contributed by atoms with Gasteiger partial charge in [-0.05, 0) is 42.7 Å². The fourth-order valence-corrected chi connectivity index (χ4v) is 3.41. The first kappa shape index (κ1) is 15.1. The van der Waals surface area contributed by atoms with E-state index in [4.69, 9.17) is 0 Å². The van der Waals surface area contributed by atoms with E-state index in [2.05, 4.69) is 26.1 Å². The van der Waals surface area contributed by atoms with Crippen LogP contribution in [-0.2, 0) is 0 Å². The van der Waals surface area contributed by atoms with E-state index < -0.39 is 0 Å². The van der Waals surface area contributed by atoms with Crippen LogP contribution in [0.2, 0.25) is 0 Å². The van der Waals surface area contributed by atoms with E-state index >= 15 is 0 Å². The second-order valence-electron chi connectivity index (χ2n) is 7.15. The highest BCUT2D eigenvalue weighted by molar-refractivity contribution is 5.95. The van der Waals surface area contributed by atoms with Gasteiger partial charge < -0.3 is 5.32 Å². The SMILES string of the molecule is Cc1ccccc1C(=O)NC1CCCCC1C(C)(C)C. The van der Waals surface area contributed by atoms with Crippen molar-refractivity contribution in [1.82, 2.24) is 5.32 Å². The Kier molecular flexibility index (Phi) is 4.52. The summed E-state index contributed by atoms with van der Waals surface area (Å²) in [6.45, 7) is 8.86. The van der Waals surface area contributed by atoms with E-state index in [-0.39, 0.29) is 11.3 Å². The van der Waals surface area contributed by atoms with Crippen LogP contribution in [0.25, 0.3) is 0 Å². The minimum Gasteiger partial charge on any atom is -0.349 e. The van der Waals surface area contributed by atoms with Gasteiger partial charge >= 0.3 is 0 Å². The zero-order chi connectivity index (χ0) is 14.8. The largest absolute Gasteiger partial charge is 0.349 e. The summed E-state index contributed by atoms with van der Waals surface area (Å²) < 4.78 is 0. The average molecular weight is 273 g/mol. The molecule has 0 aliphatic heterocycles. The molecular weight excluding hydrogens is 246 g/mol. The van der Waals surface area contributed by atoms with Crippen molar-refractivity contribution in [3.8, 4) is 0 Å². The molecule has 0 saturated heterocycles. The van der Waals surface area contributed by atoms with Crippen LogP contribution < -0.4 is 5.32 Å². The number of aryl methyl sites for hydroxylation is 1. The van der Waals surface area contributed by atoms with E-state index in [1.165, 1.54) is 19.3 Å². The highest BCUT2D eigenvalue weighted by Crippen LogP contribution is 2.38. The third-order valence-electron chi connectivity index (χ3n) is 4.58. The standard InChI is InChI=1S/C18H27NO/c1-13-9-5-6-10-14(13)17(20)19-16-12-8-7-11-15(16)18(2,3)4/h5-6,9-10,15-16H,7-8,11-12H2,1-4H3,(H,19,20). The van der Waals surface area contributed by atoms with E-state index in [0.717, 1.165) is 17.5 Å². The number of carbonyl (C=O) groups is 1. The van der Waals surface area contributed by atoms with Gasteiger partial charge in [-0.15, -0.1) is 0 Å². The molecule has 1 aromatic carbocycles. The fourth-order valence-electron chi connectivity index (χ4n) is 3.41. The number of hydrogen-bond donors (Lipinski definition) is 1. The number of rotatable bonds is 2. The van der Waals surface area contributed by atoms with Gasteiger partial charge in [0, 0.05) is 11.6 Å². The van der Waals surface area contributed by atoms with Gasteiger partial charge in [0.2, 0.25) is 0 Å². The zero-order valence-electron chi connectivity index (χ0n) is 13.2. The summed E-state index contributed by atoms with van der Waals surface area (Å²) in [5, 5.41) is 3.29. The summed E-state index contributed by atoms with van der Waals surface area (Å²) in [7, 11) is 0. The van der Waals surface area contributed by atoms with Crippen LogP contribution in [0.15, 0.2) is 24.3 Å². The second kappa shape index (κ2) is 5.99. The first-order valence-corrected chi connectivity index (χ1v) is 7.76. The van der Waals surface area contributed by atoms with Gasteiger partial charge in [-0.1, -0.05) is 51.8 Å². The van der Waals surface area contributed by atoms with Gasteiger partial charge in [-0.2, -0.15) is 0 Å². The lowest BCUT2D eigenvalue weighted by Crippen LogP contribution is -2.46. The maximum atomic E-state index is 12.5. The Morgan fingerprint density at radius 1 is 1.15 bits per heavy atom. The van der Waals surface area contributed by atoms with Crippen molar-refractivity contribution in [2.45, 2.75) is 59.4 Å². The molecule has 1 fully saturated rings. The Labute approximate surface area is 123 Å². The van der Waals surface area contributed by atoms with Crippen LogP contribution in [0.5, 0.6) is 0 Å². The van der Waals surface area contributed by atoms with Gasteiger partial charge in [-0.25, -0.2) is 0 Å². The molecule has 1 saturated carbocycles. The minimum atomic E-state index is 0.0873.